The average molecular weight is 204 g/mol. The van der Waals surface area contributed by atoms with Gasteiger partial charge in [0.15, 0.2) is 0 Å². The fraction of sp³-hybridized carbons (Fsp3) is 0.556. The first kappa shape index (κ1) is 10.0. The van der Waals surface area contributed by atoms with Crippen LogP contribution in [-0.4, -0.2) is 6.54 Å². The lowest BCUT2D eigenvalue weighted by molar-refractivity contribution is 0.379. The monoisotopic (exact) mass is 203 g/mol. The van der Waals surface area contributed by atoms with E-state index in [4.69, 9.17) is 17.3 Å². The van der Waals surface area contributed by atoms with Gasteiger partial charge in [0.1, 0.15) is 0 Å². The van der Waals surface area contributed by atoms with E-state index in [0.29, 0.717) is 6.54 Å². The molecule has 0 fully saturated rings. The summed E-state index contributed by atoms with van der Waals surface area (Å²) in [4.78, 5) is 1.32. The number of halogens is 1. The Kier molecular flexibility index (Phi) is 3.16. The molecular weight excluding hydrogens is 190 g/mol. The Hall–Kier alpha value is -0.0500. The highest BCUT2D eigenvalue weighted by molar-refractivity contribution is 7.10. The van der Waals surface area contributed by atoms with Gasteiger partial charge in [0.2, 0.25) is 0 Å². The molecule has 0 unspecified atom stereocenters. The van der Waals surface area contributed by atoms with Gasteiger partial charge in [-0.15, -0.1) is 11.3 Å². The highest BCUT2D eigenvalue weighted by Gasteiger charge is 2.16. The predicted molar refractivity (Wildman–Crippen MR) is 55.9 cm³/mol. The Labute approximate surface area is 82.5 Å². The third-order valence-electron chi connectivity index (χ3n) is 1.83. The summed E-state index contributed by atoms with van der Waals surface area (Å²) in [6.45, 7) is 5.05. The highest BCUT2D eigenvalue weighted by Crippen LogP contribution is 2.26. The molecule has 0 bridgehead atoms. The van der Waals surface area contributed by atoms with Crippen LogP contribution in [0.3, 0.4) is 0 Å². The Morgan fingerprint density at radius 2 is 2.25 bits per heavy atom. The van der Waals surface area contributed by atoms with E-state index in [1.54, 1.807) is 11.3 Å². The summed E-state index contributed by atoms with van der Waals surface area (Å²) >= 11 is 7.52. The van der Waals surface area contributed by atoms with E-state index in [1.807, 2.05) is 11.4 Å². The summed E-state index contributed by atoms with van der Waals surface area (Å²) < 4.78 is 0. The van der Waals surface area contributed by atoms with Crippen molar-refractivity contribution in [1.29, 1.82) is 0 Å². The van der Waals surface area contributed by atoms with Crippen molar-refractivity contribution in [3.05, 3.63) is 21.3 Å². The van der Waals surface area contributed by atoms with Gasteiger partial charge in [0, 0.05) is 10.3 Å². The average Bonchev–Trinajstić information content (AvgIpc) is 2.35. The largest absolute Gasteiger partial charge is 0.330 e. The smallest absolute Gasteiger partial charge is 0.0515 e. The quantitative estimate of drug-likeness (QED) is 0.804. The zero-order chi connectivity index (χ0) is 9.19. The Morgan fingerprint density at radius 1 is 1.58 bits per heavy atom. The second-order valence-corrected chi connectivity index (χ2v) is 5.21. The third kappa shape index (κ3) is 2.77. The summed E-state index contributed by atoms with van der Waals surface area (Å²) in [6.07, 6.45) is 1.01. The van der Waals surface area contributed by atoms with Crippen molar-refractivity contribution in [2.24, 2.45) is 11.1 Å². The molecule has 1 aromatic heterocycles. The van der Waals surface area contributed by atoms with Gasteiger partial charge in [-0.05, 0) is 24.4 Å². The van der Waals surface area contributed by atoms with Crippen LogP contribution in [0.1, 0.15) is 18.7 Å². The maximum Gasteiger partial charge on any atom is 0.0515 e. The molecule has 0 spiro atoms. The highest BCUT2D eigenvalue weighted by atomic mass is 35.5. The van der Waals surface area contributed by atoms with Crippen molar-refractivity contribution in [3.8, 4) is 0 Å². The van der Waals surface area contributed by atoms with E-state index >= 15 is 0 Å². The minimum absolute atomic E-state index is 0.189. The van der Waals surface area contributed by atoms with Gasteiger partial charge >= 0.3 is 0 Å². The van der Waals surface area contributed by atoms with Crippen LogP contribution in [0, 0.1) is 5.41 Å². The van der Waals surface area contributed by atoms with Crippen LogP contribution < -0.4 is 5.73 Å². The molecule has 0 aromatic carbocycles. The van der Waals surface area contributed by atoms with Crippen molar-refractivity contribution in [1.82, 2.24) is 0 Å². The Morgan fingerprint density at radius 3 is 2.67 bits per heavy atom. The predicted octanol–water partition coefficient (Wildman–Crippen LogP) is 2.93. The van der Waals surface area contributed by atoms with Gasteiger partial charge in [0.05, 0.1) is 5.02 Å². The zero-order valence-corrected chi connectivity index (χ0v) is 9.00. The normalized spacial score (nSPS) is 12.0. The maximum absolute atomic E-state index is 5.81. The van der Waals surface area contributed by atoms with Crippen molar-refractivity contribution in [3.63, 3.8) is 0 Å². The van der Waals surface area contributed by atoms with Gasteiger partial charge in [-0.1, -0.05) is 25.4 Å². The van der Waals surface area contributed by atoms with Crippen LogP contribution in [0.15, 0.2) is 11.4 Å². The number of nitrogens with two attached hydrogens (primary N) is 1. The Balaban J connectivity index is 2.63. The molecule has 2 N–H and O–H groups in total. The summed E-state index contributed by atoms with van der Waals surface area (Å²) in [5.41, 5.74) is 5.82. The molecule has 3 heteroatoms. The fourth-order valence-electron chi connectivity index (χ4n) is 0.990. The van der Waals surface area contributed by atoms with Gasteiger partial charge in [-0.25, -0.2) is 0 Å². The van der Waals surface area contributed by atoms with Gasteiger partial charge in [0.25, 0.3) is 0 Å². The van der Waals surface area contributed by atoms with E-state index in [0.717, 1.165) is 11.4 Å². The molecule has 1 aromatic rings. The SMILES string of the molecule is CC(C)(CN)Cc1cc(Cl)cs1. The lowest BCUT2D eigenvalue weighted by Crippen LogP contribution is -2.25. The van der Waals surface area contributed by atoms with Crippen molar-refractivity contribution >= 4 is 22.9 Å². The first-order valence-corrected chi connectivity index (χ1v) is 5.22. The van der Waals surface area contributed by atoms with Crippen LogP contribution in [0.4, 0.5) is 0 Å². The summed E-state index contributed by atoms with van der Waals surface area (Å²) in [6, 6.07) is 2.02. The van der Waals surface area contributed by atoms with Gasteiger partial charge in [-0.2, -0.15) is 0 Å². The van der Waals surface area contributed by atoms with Crippen molar-refractivity contribution in [2.75, 3.05) is 6.54 Å². The van der Waals surface area contributed by atoms with Gasteiger partial charge in [-0.3, -0.25) is 0 Å². The fourth-order valence-corrected chi connectivity index (χ4v) is 2.32. The lowest BCUT2D eigenvalue weighted by atomic mass is 9.89. The molecule has 1 nitrogen and oxygen atoms in total. The minimum atomic E-state index is 0.189. The zero-order valence-electron chi connectivity index (χ0n) is 7.43. The topological polar surface area (TPSA) is 26.0 Å². The number of hydrogen-bond acceptors (Lipinski definition) is 2. The molecule has 12 heavy (non-hydrogen) atoms. The number of thiophene rings is 1. The van der Waals surface area contributed by atoms with Crippen LogP contribution in [0.25, 0.3) is 0 Å². The molecule has 0 saturated carbocycles. The molecule has 0 aliphatic carbocycles. The summed E-state index contributed by atoms with van der Waals surface area (Å²) in [7, 11) is 0. The van der Waals surface area contributed by atoms with Crippen molar-refractivity contribution < 1.29 is 0 Å². The molecular formula is C9H14ClNS. The molecule has 1 heterocycles. The van der Waals surface area contributed by atoms with Crippen LogP contribution in [0.5, 0.6) is 0 Å². The molecule has 68 valence electrons. The van der Waals surface area contributed by atoms with Crippen LogP contribution >= 0.6 is 22.9 Å². The summed E-state index contributed by atoms with van der Waals surface area (Å²) in [5.74, 6) is 0. The molecule has 1 rings (SSSR count). The van der Waals surface area contributed by atoms with Gasteiger partial charge < -0.3 is 5.73 Å². The standard InChI is InChI=1S/C9H14ClNS/c1-9(2,6-11)4-8-3-7(10)5-12-8/h3,5H,4,6,11H2,1-2H3. The molecule has 0 aliphatic heterocycles. The van der Waals surface area contributed by atoms with Crippen LogP contribution in [-0.2, 0) is 6.42 Å². The molecule has 0 aliphatic rings. The second kappa shape index (κ2) is 3.77. The molecule has 0 atom stereocenters. The van der Waals surface area contributed by atoms with E-state index in [-0.39, 0.29) is 5.41 Å². The second-order valence-electron chi connectivity index (χ2n) is 3.78. The maximum atomic E-state index is 5.81. The number of rotatable bonds is 3. The first-order valence-electron chi connectivity index (χ1n) is 3.96. The first-order chi connectivity index (χ1) is 5.53. The number of hydrogen-bond donors (Lipinski definition) is 1. The molecule has 0 amide bonds. The molecule has 0 radical (unpaired) electrons. The van der Waals surface area contributed by atoms with E-state index < -0.39 is 0 Å². The lowest BCUT2D eigenvalue weighted by Gasteiger charge is -2.20. The minimum Gasteiger partial charge on any atom is -0.330 e. The van der Waals surface area contributed by atoms with E-state index in [1.165, 1.54) is 4.88 Å². The van der Waals surface area contributed by atoms with E-state index in [9.17, 15) is 0 Å². The third-order valence-corrected chi connectivity index (χ3v) is 3.11. The van der Waals surface area contributed by atoms with E-state index in [2.05, 4.69) is 13.8 Å². The molecule has 0 saturated heterocycles. The van der Waals surface area contributed by atoms with Crippen molar-refractivity contribution in [2.45, 2.75) is 20.3 Å². The summed E-state index contributed by atoms with van der Waals surface area (Å²) in [5, 5.41) is 2.80. The Bertz CT molecular complexity index is 255. The van der Waals surface area contributed by atoms with Crippen LogP contribution in [0.2, 0.25) is 5.02 Å².